The Labute approximate surface area is 171 Å². The van der Waals surface area contributed by atoms with Gasteiger partial charge in [0.1, 0.15) is 12.4 Å². The lowest BCUT2D eigenvalue weighted by Crippen LogP contribution is -2.29. The maximum atomic E-state index is 12.1. The van der Waals surface area contributed by atoms with Crippen LogP contribution in [0, 0.1) is 0 Å². The van der Waals surface area contributed by atoms with Gasteiger partial charge >= 0.3 is 11.9 Å². The molecule has 6 heteroatoms. The molecule has 0 aliphatic carbocycles. The zero-order chi connectivity index (χ0) is 21.1. The number of rotatable bonds is 11. The fraction of sp³-hybridized carbons (Fsp3) is 0.391. The fourth-order valence-corrected chi connectivity index (χ4v) is 2.66. The molecule has 0 saturated carbocycles. The van der Waals surface area contributed by atoms with E-state index in [1.165, 1.54) is 0 Å². The normalized spacial score (nSPS) is 12.7. The molecule has 2 unspecified atom stereocenters. The van der Waals surface area contributed by atoms with Gasteiger partial charge in [0.2, 0.25) is 0 Å². The van der Waals surface area contributed by atoms with E-state index in [0.717, 1.165) is 11.1 Å². The predicted octanol–water partition coefficient (Wildman–Crippen LogP) is 3.71. The summed E-state index contributed by atoms with van der Waals surface area (Å²) < 4.78 is 21.5. The van der Waals surface area contributed by atoms with Crippen LogP contribution < -0.4 is 4.74 Å². The molecule has 0 fully saturated rings. The third kappa shape index (κ3) is 7.58. The zero-order valence-electron chi connectivity index (χ0n) is 17.1. The van der Waals surface area contributed by atoms with Crippen LogP contribution in [0.1, 0.15) is 31.9 Å². The first-order valence-electron chi connectivity index (χ1n) is 9.77. The van der Waals surface area contributed by atoms with Crippen molar-refractivity contribution in [3.63, 3.8) is 0 Å². The van der Waals surface area contributed by atoms with Crippen LogP contribution in [-0.4, -0.2) is 37.4 Å². The minimum absolute atomic E-state index is 0.207. The third-order valence-electron chi connectivity index (χ3n) is 4.13. The molecule has 2 aromatic rings. The van der Waals surface area contributed by atoms with Gasteiger partial charge in [-0.2, -0.15) is 0 Å². The molecule has 2 atom stereocenters. The van der Waals surface area contributed by atoms with Gasteiger partial charge in [0.05, 0.1) is 6.61 Å². The monoisotopic (exact) mass is 400 g/mol. The van der Waals surface area contributed by atoms with Crippen LogP contribution in [0.2, 0.25) is 0 Å². The summed E-state index contributed by atoms with van der Waals surface area (Å²) in [6.45, 7) is 6.19. The molecule has 2 aromatic carbocycles. The van der Waals surface area contributed by atoms with Crippen LogP contribution in [0.4, 0.5) is 0 Å². The minimum atomic E-state index is -0.736. The first kappa shape index (κ1) is 22.4. The van der Waals surface area contributed by atoms with Gasteiger partial charge in [0.15, 0.2) is 12.2 Å². The van der Waals surface area contributed by atoms with Gasteiger partial charge < -0.3 is 18.9 Å². The van der Waals surface area contributed by atoms with Crippen molar-refractivity contribution in [1.29, 1.82) is 0 Å². The van der Waals surface area contributed by atoms with Crippen LogP contribution >= 0.6 is 0 Å². The molecular formula is C23H28O6. The molecule has 0 amide bonds. The summed E-state index contributed by atoms with van der Waals surface area (Å²) in [5, 5.41) is 0. The Morgan fingerprint density at radius 2 is 1.52 bits per heavy atom. The van der Waals surface area contributed by atoms with E-state index in [4.69, 9.17) is 18.9 Å². The molecule has 0 saturated heterocycles. The second kappa shape index (κ2) is 11.9. The molecule has 0 radical (unpaired) electrons. The molecule has 0 aromatic heterocycles. The molecular weight excluding hydrogens is 372 g/mol. The first-order chi connectivity index (χ1) is 14.0. The molecule has 0 aliphatic heterocycles. The highest BCUT2D eigenvalue weighted by Crippen LogP contribution is 2.17. The van der Waals surface area contributed by atoms with Crippen molar-refractivity contribution in [3.8, 4) is 5.75 Å². The van der Waals surface area contributed by atoms with Gasteiger partial charge in [0, 0.05) is 13.0 Å². The van der Waals surface area contributed by atoms with E-state index >= 15 is 0 Å². The smallest absolute Gasteiger partial charge is 0.347 e. The minimum Gasteiger partial charge on any atom is -0.479 e. The van der Waals surface area contributed by atoms with Crippen molar-refractivity contribution in [3.05, 3.63) is 65.7 Å². The van der Waals surface area contributed by atoms with Crippen molar-refractivity contribution in [2.75, 3.05) is 13.2 Å². The van der Waals surface area contributed by atoms with Crippen molar-refractivity contribution in [2.45, 2.75) is 46.0 Å². The van der Waals surface area contributed by atoms with Gasteiger partial charge in [-0.05, 0) is 44.0 Å². The van der Waals surface area contributed by atoms with Crippen LogP contribution in [0.15, 0.2) is 54.6 Å². The SMILES string of the molecule is CCOC(=O)C(Cc1ccc(OC(C)C(=O)OCc2ccccc2)cc1)OCC. The fourth-order valence-electron chi connectivity index (χ4n) is 2.66. The van der Waals surface area contributed by atoms with Gasteiger partial charge in [-0.15, -0.1) is 0 Å². The maximum absolute atomic E-state index is 12.1. The third-order valence-corrected chi connectivity index (χ3v) is 4.13. The highest BCUT2D eigenvalue weighted by atomic mass is 16.6. The van der Waals surface area contributed by atoms with E-state index in [1.807, 2.05) is 49.4 Å². The summed E-state index contributed by atoms with van der Waals surface area (Å²) in [5.41, 5.74) is 1.83. The predicted molar refractivity (Wildman–Crippen MR) is 109 cm³/mol. The lowest BCUT2D eigenvalue weighted by Gasteiger charge is -2.17. The Balaban J connectivity index is 1.86. The van der Waals surface area contributed by atoms with E-state index in [2.05, 4.69) is 0 Å². The number of hydrogen-bond acceptors (Lipinski definition) is 6. The van der Waals surface area contributed by atoms with Crippen LogP contribution in [0.25, 0.3) is 0 Å². The molecule has 0 bridgehead atoms. The Kier molecular flexibility index (Phi) is 9.18. The number of benzene rings is 2. The second-order valence-electron chi connectivity index (χ2n) is 6.40. The summed E-state index contributed by atoms with van der Waals surface area (Å²) in [7, 11) is 0. The van der Waals surface area contributed by atoms with Crippen LogP contribution in [0.3, 0.4) is 0 Å². The van der Waals surface area contributed by atoms with Crippen molar-refractivity contribution in [2.24, 2.45) is 0 Å². The largest absolute Gasteiger partial charge is 0.479 e. The second-order valence-corrected chi connectivity index (χ2v) is 6.40. The quantitative estimate of drug-likeness (QED) is 0.536. The summed E-state index contributed by atoms with van der Waals surface area (Å²) >= 11 is 0. The van der Waals surface area contributed by atoms with E-state index in [1.54, 1.807) is 26.0 Å². The van der Waals surface area contributed by atoms with E-state index in [-0.39, 0.29) is 12.6 Å². The number of esters is 2. The molecule has 6 nitrogen and oxygen atoms in total. The molecule has 0 spiro atoms. The molecule has 0 aliphatic rings. The first-order valence-corrected chi connectivity index (χ1v) is 9.77. The van der Waals surface area contributed by atoms with Gasteiger partial charge in [0.25, 0.3) is 0 Å². The number of carbonyl (C=O) groups excluding carboxylic acids is 2. The van der Waals surface area contributed by atoms with Gasteiger partial charge in [-0.1, -0.05) is 42.5 Å². The summed E-state index contributed by atoms with van der Waals surface area (Å²) in [5.74, 6) is -0.261. The van der Waals surface area contributed by atoms with Crippen molar-refractivity contribution in [1.82, 2.24) is 0 Å². The number of carbonyl (C=O) groups is 2. The lowest BCUT2D eigenvalue weighted by atomic mass is 10.1. The van der Waals surface area contributed by atoms with E-state index in [9.17, 15) is 9.59 Å². The Morgan fingerprint density at radius 1 is 0.828 bits per heavy atom. The average molecular weight is 400 g/mol. The Morgan fingerprint density at radius 3 is 2.14 bits per heavy atom. The van der Waals surface area contributed by atoms with Crippen LogP contribution in [-0.2, 0) is 36.8 Å². The number of hydrogen-bond donors (Lipinski definition) is 0. The van der Waals surface area contributed by atoms with E-state index < -0.39 is 18.2 Å². The number of ether oxygens (including phenoxy) is 4. The van der Waals surface area contributed by atoms with Crippen molar-refractivity contribution >= 4 is 11.9 Å². The Hall–Kier alpha value is -2.86. The molecule has 156 valence electrons. The van der Waals surface area contributed by atoms with E-state index in [0.29, 0.717) is 25.4 Å². The summed E-state index contributed by atoms with van der Waals surface area (Å²) in [6, 6.07) is 16.7. The molecule has 0 N–H and O–H groups in total. The van der Waals surface area contributed by atoms with Gasteiger partial charge in [-0.3, -0.25) is 0 Å². The highest BCUT2D eigenvalue weighted by Gasteiger charge is 2.21. The molecule has 0 heterocycles. The summed E-state index contributed by atoms with van der Waals surface area (Å²) in [6.07, 6.45) is -0.972. The lowest BCUT2D eigenvalue weighted by molar-refractivity contribution is -0.156. The average Bonchev–Trinajstić information content (AvgIpc) is 2.74. The molecule has 2 rings (SSSR count). The van der Waals surface area contributed by atoms with Crippen LogP contribution in [0.5, 0.6) is 5.75 Å². The molecule has 29 heavy (non-hydrogen) atoms. The van der Waals surface area contributed by atoms with Crippen molar-refractivity contribution < 1.29 is 28.5 Å². The highest BCUT2D eigenvalue weighted by molar-refractivity contribution is 5.75. The summed E-state index contributed by atoms with van der Waals surface area (Å²) in [4.78, 5) is 24.1. The maximum Gasteiger partial charge on any atom is 0.347 e. The zero-order valence-corrected chi connectivity index (χ0v) is 17.1. The Bertz CT molecular complexity index is 757. The topological polar surface area (TPSA) is 71.1 Å². The van der Waals surface area contributed by atoms with Gasteiger partial charge in [-0.25, -0.2) is 9.59 Å². The standard InChI is InChI=1S/C23H28O6/c1-4-26-21(23(25)27-5-2)15-18-11-13-20(14-12-18)29-17(3)22(24)28-16-19-9-7-6-8-10-19/h6-14,17,21H,4-5,15-16H2,1-3H3.